The molecule has 9 heteroatoms. The second-order valence-electron chi connectivity index (χ2n) is 3.46. The molecule has 102 valence electrons. The van der Waals surface area contributed by atoms with E-state index < -0.39 is 22.6 Å². The Bertz CT molecular complexity index is 505. The first-order valence-corrected chi connectivity index (χ1v) is 7.15. The summed E-state index contributed by atoms with van der Waals surface area (Å²) < 4.78 is 61.4. The van der Waals surface area contributed by atoms with E-state index in [1.807, 2.05) is 0 Å². The van der Waals surface area contributed by atoms with Crippen molar-refractivity contribution in [2.75, 3.05) is 6.54 Å². The summed E-state index contributed by atoms with van der Waals surface area (Å²) in [5.41, 5.74) is 0. The zero-order chi connectivity index (χ0) is 13.8. The van der Waals surface area contributed by atoms with E-state index in [1.165, 1.54) is 12.3 Å². The molecule has 1 rings (SSSR count). The summed E-state index contributed by atoms with van der Waals surface area (Å²) in [6.07, 6.45) is -3.07. The van der Waals surface area contributed by atoms with Crippen molar-refractivity contribution in [2.24, 2.45) is 0 Å². The van der Waals surface area contributed by atoms with Crippen molar-refractivity contribution < 1.29 is 21.6 Å². The summed E-state index contributed by atoms with van der Waals surface area (Å²) in [6.45, 7) is -0.269. The molecule has 0 amide bonds. The Hall–Kier alpha value is -0.670. The molecular weight excluding hydrogens is 337 g/mol. The van der Waals surface area contributed by atoms with Crippen molar-refractivity contribution >= 4 is 26.0 Å². The first-order valence-electron chi connectivity index (χ1n) is 4.88. The molecule has 0 saturated carbocycles. The zero-order valence-corrected chi connectivity index (χ0v) is 11.4. The van der Waals surface area contributed by atoms with Gasteiger partial charge in [0.2, 0.25) is 10.0 Å². The quantitative estimate of drug-likeness (QED) is 0.833. The average Bonchev–Trinajstić information content (AvgIpc) is 2.23. The lowest BCUT2D eigenvalue weighted by atomic mass is 10.3. The number of pyridine rings is 1. The van der Waals surface area contributed by atoms with Crippen molar-refractivity contribution in [3.63, 3.8) is 0 Å². The SMILES string of the molecule is O=S(=O)(NCCCC(F)(F)F)c1cncc(Br)c1. The number of aromatic nitrogens is 1. The van der Waals surface area contributed by atoms with Gasteiger partial charge in [-0.25, -0.2) is 13.1 Å². The molecule has 0 radical (unpaired) electrons. The van der Waals surface area contributed by atoms with Crippen molar-refractivity contribution in [3.05, 3.63) is 22.9 Å². The second kappa shape index (κ2) is 5.98. The molecule has 1 aromatic heterocycles. The minimum atomic E-state index is -4.28. The average molecular weight is 347 g/mol. The smallest absolute Gasteiger partial charge is 0.262 e. The third-order valence-electron chi connectivity index (χ3n) is 1.92. The van der Waals surface area contributed by atoms with Crippen LogP contribution in [0.25, 0.3) is 0 Å². The summed E-state index contributed by atoms with van der Waals surface area (Å²) in [4.78, 5) is 3.58. The van der Waals surface area contributed by atoms with Gasteiger partial charge in [-0.2, -0.15) is 13.2 Å². The predicted molar refractivity (Wildman–Crippen MR) is 62.4 cm³/mol. The van der Waals surface area contributed by atoms with Gasteiger partial charge in [-0.3, -0.25) is 4.98 Å². The van der Waals surface area contributed by atoms with Gasteiger partial charge in [0.1, 0.15) is 4.90 Å². The van der Waals surface area contributed by atoms with Gasteiger partial charge in [0.25, 0.3) is 0 Å². The van der Waals surface area contributed by atoms with Crippen LogP contribution < -0.4 is 4.72 Å². The minimum absolute atomic E-state index is 0.0936. The maximum absolute atomic E-state index is 11.9. The second-order valence-corrected chi connectivity index (χ2v) is 6.14. The largest absolute Gasteiger partial charge is 0.389 e. The number of rotatable bonds is 5. The molecule has 0 bridgehead atoms. The van der Waals surface area contributed by atoms with Crippen molar-refractivity contribution in [1.29, 1.82) is 0 Å². The van der Waals surface area contributed by atoms with Gasteiger partial charge in [0, 0.05) is 29.8 Å². The molecule has 0 aliphatic rings. The Morgan fingerprint density at radius 1 is 1.33 bits per heavy atom. The van der Waals surface area contributed by atoms with Crippen LogP contribution in [-0.2, 0) is 10.0 Å². The summed E-state index contributed by atoms with van der Waals surface area (Å²) in [5.74, 6) is 0. The normalized spacial score (nSPS) is 12.7. The lowest BCUT2D eigenvalue weighted by Gasteiger charge is -2.08. The van der Waals surface area contributed by atoms with Crippen LogP contribution in [0.4, 0.5) is 13.2 Å². The van der Waals surface area contributed by atoms with Crippen molar-refractivity contribution in [1.82, 2.24) is 9.71 Å². The first kappa shape index (κ1) is 15.4. The highest BCUT2D eigenvalue weighted by molar-refractivity contribution is 9.10. The molecule has 1 heterocycles. The molecule has 0 aliphatic heterocycles. The molecule has 18 heavy (non-hydrogen) atoms. The van der Waals surface area contributed by atoms with Crippen molar-refractivity contribution in [3.8, 4) is 0 Å². The molecule has 0 spiro atoms. The highest BCUT2D eigenvalue weighted by Crippen LogP contribution is 2.21. The van der Waals surface area contributed by atoms with E-state index in [1.54, 1.807) is 0 Å². The van der Waals surface area contributed by atoms with E-state index in [-0.39, 0.29) is 17.9 Å². The van der Waals surface area contributed by atoms with E-state index >= 15 is 0 Å². The molecule has 0 saturated heterocycles. The number of hydrogen-bond acceptors (Lipinski definition) is 3. The fourth-order valence-corrected chi connectivity index (χ4v) is 2.70. The van der Waals surface area contributed by atoms with Gasteiger partial charge < -0.3 is 0 Å². The van der Waals surface area contributed by atoms with Crippen LogP contribution >= 0.6 is 15.9 Å². The van der Waals surface area contributed by atoms with E-state index in [4.69, 9.17) is 0 Å². The Morgan fingerprint density at radius 3 is 2.56 bits per heavy atom. The molecule has 0 unspecified atom stereocenters. The zero-order valence-electron chi connectivity index (χ0n) is 9.04. The predicted octanol–water partition coefficient (Wildman–Crippen LogP) is 2.46. The van der Waals surface area contributed by atoms with Crippen molar-refractivity contribution in [2.45, 2.75) is 23.9 Å². The van der Waals surface area contributed by atoms with E-state index in [0.29, 0.717) is 4.47 Å². The van der Waals surface area contributed by atoms with Crippen LogP contribution in [0, 0.1) is 0 Å². The highest BCUT2D eigenvalue weighted by atomic mass is 79.9. The third-order valence-corrected chi connectivity index (χ3v) is 3.78. The molecule has 0 aromatic carbocycles. The third kappa shape index (κ3) is 5.32. The van der Waals surface area contributed by atoms with Crippen LogP contribution in [0.1, 0.15) is 12.8 Å². The van der Waals surface area contributed by atoms with Crippen LogP contribution in [0.15, 0.2) is 27.8 Å². The van der Waals surface area contributed by atoms with E-state index in [0.717, 1.165) is 6.20 Å². The number of halogens is 4. The molecule has 0 fully saturated rings. The first-order chi connectivity index (χ1) is 8.21. The Kier molecular flexibility index (Phi) is 5.11. The lowest BCUT2D eigenvalue weighted by molar-refractivity contribution is -0.135. The topological polar surface area (TPSA) is 59.1 Å². The number of alkyl halides is 3. The minimum Gasteiger partial charge on any atom is -0.262 e. The maximum atomic E-state index is 11.9. The summed E-state index contributed by atoms with van der Waals surface area (Å²) in [5, 5.41) is 0. The van der Waals surface area contributed by atoms with E-state index in [9.17, 15) is 21.6 Å². The van der Waals surface area contributed by atoms with Crippen LogP contribution in [-0.4, -0.2) is 26.1 Å². The van der Waals surface area contributed by atoms with Gasteiger partial charge in [0.05, 0.1) is 0 Å². The summed E-state index contributed by atoms with van der Waals surface area (Å²) in [7, 11) is -3.81. The molecule has 0 aliphatic carbocycles. The number of nitrogens with one attached hydrogen (secondary N) is 1. The monoisotopic (exact) mass is 346 g/mol. The number of nitrogens with zero attached hydrogens (tertiary/aromatic N) is 1. The molecule has 1 N–H and O–H groups in total. The van der Waals surface area contributed by atoms with Gasteiger partial charge in [-0.05, 0) is 28.4 Å². The molecule has 1 aromatic rings. The molecular formula is C9H10BrF3N2O2S. The van der Waals surface area contributed by atoms with Gasteiger partial charge in [-0.1, -0.05) is 0 Å². The molecule has 0 atom stereocenters. The Morgan fingerprint density at radius 2 is 2.00 bits per heavy atom. The number of sulfonamides is 1. The van der Waals surface area contributed by atoms with Crippen LogP contribution in [0.2, 0.25) is 0 Å². The Labute approximate surface area is 111 Å². The van der Waals surface area contributed by atoms with Gasteiger partial charge in [0.15, 0.2) is 0 Å². The van der Waals surface area contributed by atoms with E-state index in [2.05, 4.69) is 25.6 Å². The fourth-order valence-electron chi connectivity index (χ4n) is 1.12. The van der Waals surface area contributed by atoms with Gasteiger partial charge in [-0.15, -0.1) is 0 Å². The maximum Gasteiger partial charge on any atom is 0.389 e. The molecule has 4 nitrogen and oxygen atoms in total. The number of hydrogen-bond donors (Lipinski definition) is 1. The standard InChI is InChI=1S/C9H10BrF3N2O2S/c10-7-4-8(6-14-5-7)18(16,17)15-3-1-2-9(11,12)13/h4-6,15H,1-3H2. The highest BCUT2D eigenvalue weighted by Gasteiger charge is 2.26. The summed E-state index contributed by atoms with van der Waals surface area (Å²) >= 11 is 3.06. The van der Waals surface area contributed by atoms with Gasteiger partial charge >= 0.3 is 6.18 Å². The van der Waals surface area contributed by atoms with Crippen LogP contribution in [0.3, 0.4) is 0 Å². The Balaban J connectivity index is 2.56. The van der Waals surface area contributed by atoms with Crippen LogP contribution in [0.5, 0.6) is 0 Å². The lowest BCUT2D eigenvalue weighted by Crippen LogP contribution is -2.26. The summed E-state index contributed by atoms with van der Waals surface area (Å²) in [6, 6.07) is 1.32. The fraction of sp³-hybridized carbons (Fsp3) is 0.444.